The maximum Gasteiger partial charge on any atom is 0.0467 e. The molecule has 1 aliphatic rings. The van der Waals surface area contributed by atoms with E-state index in [9.17, 15) is 0 Å². The Labute approximate surface area is 70.9 Å². The van der Waals surface area contributed by atoms with Gasteiger partial charge in [-0.3, -0.25) is 0 Å². The Morgan fingerprint density at radius 2 is 2.00 bits per heavy atom. The molecule has 10 heavy (non-hydrogen) atoms. The van der Waals surface area contributed by atoms with E-state index >= 15 is 0 Å². The summed E-state index contributed by atoms with van der Waals surface area (Å²) in [6.07, 6.45) is 1.21. The molecule has 1 nitrogen and oxygen atoms in total. The Morgan fingerprint density at radius 1 is 1.40 bits per heavy atom. The van der Waals surface area contributed by atoms with Crippen LogP contribution in [0.25, 0.3) is 0 Å². The molecule has 0 saturated heterocycles. The third-order valence-electron chi connectivity index (χ3n) is 2.90. The second kappa shape index (κ2) is 2.82. The zero-order chi connectivity index (χ0) is 7.78. The quantitative estimate of drug-likeness (QED) is 0.702. The van der Waals surface area contributed by atoms with E-state index in [1.165, 1.54) is 6.42 Å². The highest BCUT2D eigenvalue weighted by Crippen LogP contribution is 2.59. The fraction of sp³-hybridized carbons (Fsp3) is 1.00. The first-order chi connectivity index (χ1) is 4.64. The van der Waals surface area contributed by atoms with Crippen molar-refractivity contribution in [3.63, 3.8) is 0 Å². The van der Waals surface area contributed by atoms with Gasteiger partial charge in [0.15, 0.2) is 0 Å². The third kappa shape index (κ3) is 1.24. The van der Waals surface area contributed by atoms with E-state index < -0.39 is 0 Å². The topological polar surface area (TPSA) is 20.2 Å². The summed E-state index contributed by atoms with van der Waals surface area (Å²) in [6, 6.07) is 0. The highest BCUT2D eigenvalue weighted by molar-refractivity contribution is 9.09. The number of hydrogen-bond donors (Lipinski definition) is 1. The van der Waals surface area contributed by atoms with Gasteiger partial charge < -0.3 is 5.11 Å². The normalized spacial score (nSPS) is 36.0. The molecule has 0 bridgehead atoms. The number of aliphatic hydroxyl groups is 1. The Balaban J connectivity index is 2.37. The average Bonchev–Trinajstić information content (AvgIpc) is 2.36. The lowest BCUT2D eigenvalue weighted by atomic mass is 10.1. The van der Waals surface area contributed by atoms with Gasteiger partial charge in [0, 0.05) is 11.9 Å². The Hall–Kier alpha value is 0.440. The van der Waals surface area contributed by atoms with Gasteiger partial charge in [-0.25, -0.2) is 0 Å². The van der Waals surface area contributed by atoms with E-state index in [1.54, 1.807) is 0 Å². The number of alkyl halides is 1. The van der Waals surface area contributed by atoms with Gasteiger partial charge in [-0.2, -0.15) is 0 Å². The molecule has 2 heteroatoms. The molecule has 1 rings (SSSR count). The molecule has 1 fully saturated rings. The zero-order valence-electron chi connectivity index (χ0n) is 6.60. The van der Waals surface area contributed by atoms with Gasteiger partial charge in [0.2, 0.25) is 0 Å². The first-order valence-corrected chi connectivity index (χ1v) is 4.93. The molecule has 0 aromatic carbocycles. The van der Waals surface area contributed by atoms with Crippen LogP contribution in [-0.4, -0.2) is 17.0 Å². The zero-order valence-corrected chi connectivity index (χ0v) is 8.19. The minimum Gasteiger partial charge on any atom is -0.396 e. The van der Waals surface area contributed by atoms with Gasteiger partial charge in [-0.05, 0) is 23.7 Å². The Kier molecular flexibility index (Phi) is 2.41. The van der Waals surface area contributed by atoms with Crippen molar-refractivity contribution < 1.29 is 5.11 Å². The lowest BCUT2D eigenvalue weighted by molar-refractivity contribution is 0.255. The molecule has 2 atom stereocenters. The van der Waals surface area contributed by atoms with Crippen LogP contribution in [0.3, 0.4) is 0 Å². The number of hydrogen-bond acceptors (Lipinski definition) is 1. The van der Waals surface area contributed by atoms with E-state index in [-0.39, 0.29) is 0 Å². The molecular formula is C8H15BrO. The Morgan fingerprint density at radius 3 is 2.30 bits per heavy atom. The molecule has 1 N–H and O–H groups in total. The standard InChI is InChI=1S/C8H15BrO/c1-8(2)6(3-4-9)7(8)5-10/h6-7,10H,3-5H2,1-2H3/t6-,7+/m0/s1. The molecular weight excluding hydrogens is 192 g/mol. The van der Waals surface area contributed by atoms with Crippen LogP contribution in [-0.2, 0) is 0 Å². The van der Waals surface area contributed by atoms with Gasteiger partial charge in [-0.1, -0.05) is 29.8 Å². The van der Waals surface area contributed by atoms with Crippen LogP contribution < -0.4 is 0 Å². The summed E-state index contributed by atoms with van der Waals surface area (Å²) < 4.78 is 0. The van der Waals surface area contributed by atoms with Gasteiger partial charge in [0.25, 0.3) is 0 Å². The largest absolute Gasteiger partial charge is 0.396 e. The smallest absolute Gasteiger partial charge is 0.0467 e. The summed E-state index contributed by atoms with van der Waals surface area (Å²) in [5.74, 6) is 1.31. The molecule has 1 saturated carbocycles. The van der Waals surface area contributed by atoms with Crippen LogP contribution in [0.2, 0.25) is 0 Å². The fourth-order valence-corrected chi connectivity index (χ4v) is 2.40. The van der Waals surface area contributed by atoms with Crippen molar-refractivity contribution in [1.82, 2.24) is 0 Å². The third-order valence-corrected chi connectivity index (χ3v) is 3.36. The predicted octanol–water partition coefficient (Wildman–Crippen LogP) is 2.04. The summed E-state index contributed by atoms with van der Waals surface area (Å²) in [7, 11) is 0. The second-order valence-electron chi connectivity index (χ2n) is 3.69. The molecule has 0 unspecified atom stereocenters. The molecule has 0 spiro atoms. The molecule has 60 valence electrons. The SMILES string of the molecule is CC1(C)[C@H](CO)[C@@H]1CCBr. The van der Waals surface area contributed by atoms with Crippen molar-refractivity contribution in [2.45, 2.75) is 20.3 Å². The van der Waals surface area contributed by atoms with Crippen LogP contribution in [0.4, 0.5) is 0 Å². The molecule has 0 aliphatic heterocycles. The summed E-state index contributed by atoms with van der Waals surface area (Å²) in [5.41, 5.74) is 0.405. The van der Waals surface area contributed by atoms with E-state index in [2.05, 4.69) is 29.8 Å². The van der Waals surface area contributed by atoms with Crippen molar-refractivity contribution in [3.05, 3.63) is 0 Å². The fourth-order valence-electron chi connectivity index (χ4n) is 1.91. The van der Waals surface area contributed by atoms with Gasteiger partial charge in [0.1, 0.15) is 0 Å². The Bertz CT molecular complexity index is 122. The van der Waals surface area contributed by atoms with Crippen LogP contribution in [0.1, 0.15) is 20.3 Å². The monoisotopic (exact) mass is 206 g/mol. The van der Waals surface area contributed by atoms with Crippen molar-refractivity contribution in [1.29, 1.82) is 0 Å². The van der Waals surface area contributed by atoms with Crippen molar-refractivity contribution in [2.24, 2.45) is 17.3 Å². The minimum atomic E-state index is 0.366. The molecule has 0 amide bonds. The molecule has 0 radical (unpaired) electrons. The average molecular weight is 207 g/mol. The van der Waals surface area contributed by atoms with Crippen molar-refractivity contribution >= 4 is 15.9 Å². The van der Waals surface area contributed by atoms with E-state index in [0.717, 1.165) is 11.2 Å². The van der Waals surface area contributed by atoms with Gasteiger partial charge in [0.05, 0.1) is 0 Å². The summed E-state index contributed by atoms with van der Waals surface area (Å²) in [5, 5.41) is 9.99. The highest BCUT2D eigenvalue weighted by atomic mass is 79.9. The van der Waals surface area contributed by atoms with Gasteiger partial charge >= 0.3 is 0 Å². The first-order valence-electron chi connectivity index (χ1n) is 3.81. The summed E-state index contributed by atoms with van der Waals surface area (Å²) in [6.45, 7) is 4.84. The number of aliphatic hydroxyl groups excluding tert-OH is 1. The molecule has 0 aromatic heterocycles. The predicted molar refractivity (Wildman–Crippen MR) is 46.3 cm³/mol. The minimum absolute atomic E-state index is 0.366. The van der Waals surface area contributed by atoms with Crippen LogP contribution in [0.15, 0.2) is 0 Å². The lowest BCUT2D eigenvalue weighted by Gasteiger charge is -1.98. The summed E-state index contributed by atoms with van der Waals surface area (Å²) >= 11 is 3.42. The maximum absolute atomic E-state index is 8.92. The lowest BCUT2D eigenvalue weighted by Crippen LogP contribution is -1.93. The summed E-state index contributed by atoms with van der Waals surface area (Å²) in [4.78, 5) is 0. The van der Waals surface area contributed by atoms with Crippen LogP contribution in [0.5, 0.6) is 0 Å². The maximum atomic E-state index is 8.92. The van der Waals surface area contributed by atoms with Crippen molar-refractivity contribution in [3.8, 4) is 0 Å². The van der Waals surface area contributed by atoms with Gasteiger partial charge in [-0.15, -0.1) is 0 Å². The van der Waals surface area contributed by atoms with Crippen molar-refractivity contribution in [2.75, 3.05) is 11.9 Å². The van der Waals surface area contributed by atoms with E-state index in [0.29, 0.717) is 17.9 Å². The molecule has 0 heterocycles. The van der Waals surface area contributed by atoms with E-state index in [4.69, 9.17) is 5.11 Å². The molecule has 0 aromatic rings. The first kappa shape index (κ1) is 8.54. The second-order valence-corrected chi connectivity index (χ2v) is 4.49. The number of halogens is 1. The van der Waals surface area contributed by atoms with Crippen LogP contribution in [0, 0.1) is 17.3 Å². The number of rotatable bonds is 3. The van der Waals surface area contributed by atoms with Crippen LogP contribution >= 0.6 is 15.9 Å². The highest BCUT2D eigenvalue weighted by Gasteiger charge is 2.55. The van der Waals surface area contributed by atoms with E-state index in [1.807, 2.05) is 0 Å². The molecule has 1 aliphatic carbocycles.